The average Bonchev–Trinajstić information content (AvgIpc) is 2.73. The standard InChI is InChI=1S/C13H21NO2/c1-13(2)10-7-14(8-11(10)13)12(15)6-9-4-3-5-16-9/h9-11H,3-8H2,1-2H3. The molecule has 0 aromatic carbocycles. The van der Waals surface area contributed by atoms with Gasteiger partial charge >= 0.3 is 0 Å². The summed E-state index contributed by atoms with van der Waals surface area (Å²) in [7, 11) is 0. The largest absolute Gasteiger partial charge is 0.378 e. The quantitative estimate of drug-likeness (QED) is 0.712. The summed E-state index contributed by atoms with van der Waals surface area (Å²) in [5, 5.41) is 0. The van der Waals surface area contributed by atoms with Gasteiger partial charge in [-0.05, 0) is 30.1 Å². The molecule has 3 atom stereocenters. The molecule has 0 aromatic heterocycles. The zero-order chi connectivity index (χ0) is 11.3. The lowest BCUT2D eigenvalue weighted by Crippen LogP contribution is -2.34. The molecule has 2 aliphatic heterocycles. The normalized spacial score (nSPS) is 39.9. The van der Waals surface area contributed by atoms with Crippen LogP contribution < -0.4 is 0 Å². The highest BCUT2D eigenvalue weighted by molar-refractivity contribution is 5.77. The van der Waals surface area contributed by atoms with E-state index in [4.69, 9.17) is 4.74 Å². The summed E-state index contributed by atoms with van der Waals surface area (Å²) in [6, 6.07) is 0. The molecule has 0 N–H and O–H groups in total. The van der Waals surface area contributed by atoms with Crippen LogP contribution in [-0.2, 0) is 9.53 Å². The zero-order valence-corrected chi connectivity index (χ0v) is 10.2. The summed E-state index contributed by atoms with van der Waals surface area (Å²) in [5.41, 5.74) is 0.501. The van der Waals surface area contributed by atoms with Gasteiger partial charge in [-0.2, -0.15) is 0 Å². The van der Waals surface area contributed by atoms with E-state index in [9.17, 15) is 4.79 Å². The first-order valence-corrected chi connectivity index (χ1v) is 6.48. The van der Waals surface area contributed by atoms with Crippen LogP contribution >= 0.6 is 0 Å². The summed E-state index contributed by atoms with van der Waals surface area (Å²) in [5.74, 6) is 1.84. The number of nitrogens with zero attached hydrogens (tertiary/aromatic N) is 1. The molecule has 1 amide bonds. The summed E-state index contributed by atoms with van der Waals surface area (Å²) in [6.45, 7) is 7.47. The van der Waals surface area contributed by atoms with Crippen LogP contribution in [0.25, 0.3) is 0 Å². The maximum Gasteiger partial charge on any atom is 0.225 e. The van der Waals surface area contributed by atoms with Crippen molar-refractivity contribution in [1.82, 2.24) is 4.90 Å². The van der Waals surface area contributed by atoms with Crippen LogP contribution in [0.15, 0.2) is 0 Å². The Morgan fingerprint density at radius 3 is 2.62 bits per heavy atom. The van der Waals surface area contributed by atoms with Gasteiger partial charge in [-0.1, -0.05) is 13.8 Å². The van der Waals surface area contributed by atoms with E-state index in [2.05, 4.69) is 18.7 Å². The zero-order valence-electron chi connectivity index (χ0n) is 10.2. The molecule has 3 aliphatic rings. The molecule has 16 heavy (non-hydrogen) atoms. The van der Waals surface area contributed by atoms with Crippen molar-refractivity contribution in [1.29, 1.82) is 0 Å². The first-order chi connectivity index (χ1) is 7.59. The molecule has 3 heteroatoms. The third kappa shape index (κ3) is 1.56. The molecule has 0 bridgehead atoms. The van der Waals surface area contributed by atoms with Crippen molar-refractivity contribution in [3.8, 4) is 0 Å². The molecule has 3 nitrogen and oxygen atoms in total. The number of piperidine rings is 1. The minimum atomic E-state index is 0.206. The second kappa shape index (κ2) is 3.46. The average molecular weight is 223 g/mol. The van der Waals surface area contributed by atoms with Gasteiger partial charge in [0.05, 0.1) is 12.5 Å². The number of carbonyl (C=O) groups excluding carboxylic acids is 1. The second-order valence-corrected chi connectivity index (χ2v) is 6.17. The van der Waals surface area contributed by atoms with Crippen LogP contribution in [-0.4, -0.2) is 36.6 Å². The van der Waals surface area contributed by atoms with Crippen LogP contribution in [0.1, 0.15) is 33.1 Å². The van der Waals surface area contributed by atoms with E-state index in [1.165, 1.54) is 0 Å². The van der Waals surface area contributed by atoms with E-state index in [1.807, 2.05) is 0 Å². The molecule has 3 fully saturated rings. The number of likely N-dealkylation sites (tertiary alicyclic amines) is 1. The Balaban J connectivity index is 1.50. The van der Waals surface area contributed by atoms with Crippen LogP contribution in [0.3, 0.4) is 0 Å². The molecule has 0 aromatic rings. The van der Waals surface area contributed by atoms with Gasteiger partial charge < -0.3 is 9.64 Å². The number of rotatable bonds is 2. The van der Waals surface area contributed by atoms with Gasteiger partial charge in [0, 0.05) is 19.7 Å². The third-order valence-corrected chi connectivity index (χ3v) is 4.90. The van der Waals surface area contributed by atoms with Crippen LogP contribution in [0, 0.1) is 17.3 Å². The maximum absolute atomic E-state index is 12.0. The monoisotopic (exact) mass is 223 g/mol. The first-order valence-electron chi connectivity index (χ1n) is 6.48. The topological polar surface area (TPSA) is 29.5 Å². The number of fused-ring (bicyclic) bond motifs is 1. The summed E-state index contributed by atoms with van der Waals surface area (Å²) in [4.78, 5) is 14.1. The number of ether oxygens (including phenoxy) is 1. The molecule has 3 unspecified atom stereocenters. The summed E-state index contributed by atoms with van der Waals surface area (Å²) >= 11 is 0. The van der Waals surface area contributed by atoms with Crippen molar-refractivity contribution in [2.45, 2.75) is 39.2 Å². The molecule has 2 heterocycles. The van der Waals surface area contributed by atoms with E-state index in [0.29, 0.717) is 17.7 Å². The highest BCUT2D eigenvalue weighted by Gasteiger charge is 2.62. The maximum atomic E-state index is 12.0. The third-order valence-electron chi connectivity index (χ3n) is 4.90. The van der Waals surface area contributed by atoms with Crippen molar-refractivity contribution in [2.75, 3.05) is 19.7 Å². The van der Waals surface area contributed by atoms with Crippen molar-refractivity contribution < 1.29 is 9.53 Å². The molecule has 90 valence electrons. The Labute approximate surface area is 97.1 Å². The fourth-order valence-electron chi connectivity index (χ4n) is 3.46. The Kier molecular flexibility index (Phi) is 2.29. The van der Waals surface area contributed by atoms with E-state index < -0.39 is 0 Å². The fourth-order valence-corrected chi connectivity index (χ4v) is 3.46. The highest BCUT2D eigenvalue weighted by atomic mass is 16.5. The van der Waals surface area contributed by atoms with Gasteiger partial charge in [0.15, 0.2) is 0 Å². The molecule has 3 rings (SSSR count). The van der Waals surface area contributed by atoms with E-state index in [1.54, 1.807) is 0 Å². The Bertz CT molecular complexity index is 293. The molecule has 0 radical (unpaired) electrons. The van der Waals surface area contributed by atoms with Crippen LogP contribution in [0.2, 0.25) is 0 Å². The van der Waals surface area contributed by atoms with Crippen molar-refractivity contribution in [3.63, 3.8) is 0 Å². The van der Waals surface area contributed by atoms with Crippen molar-refractivity contribution in [2.24, 2.45) is 17.3 Å². The Morgan fingerprint density at radius 2 is 2.06 bits per heavy atom. The van der Waals surface area contributed by atoms with Gasteiger partial charge in [-0.3, -0.25) is 4.79 Å². The molecule has 0 spiro atoms. The van der Waals surface area contributed by atoms with Crippen molar-refractivity contribution in [3.05, 3.63) is 0 Å². The lowest BCUT2D eigenvalue weighted by Gasteiger charge is -2.23. The summed E-state index contributed by atoms with van der Waals surface area (Å²) < 4.78 is 5.51. The Morgan fingerprint density at radius 1 is 1.38 bits per heavy atom. The predicted molar refractivity (Wildman–Crippen MR) is 60.9 cm³/mol. The number of carbonyl (C=O) groups is 1. The lowest BCUT2D eigenvalue weighted by molar-refractivity contribution is -0.133. The number of hydrogen-bond acceptors (Lipinski definition) is 2. The van der Waals surface area contributed by atoms with Gasteiger partial charge in [0.1, 0.15) is 0 Å². The Hall–Kier alpha value is -0.570. The van der Waals surface area contributed by atoms with Crippen LogP contribution in [0.4, 0.5) is 0 Å². The molecule has 1 aliphatic carbocycles. The second-order valence-electron chi connectivity index (χ2n) is 6.17. The molecular formula is C13H21NO2. The van der Waals surface area contributed by atoms with Gasteiger partial charge in [-0.15, -0.1) is 0 Å². The highest BCUT2D eigenvalue weighted by Crippen LogP contribution is 2.61. The number of hydrogen-bond donors (Lipinski definition) is 0. The summed E-state index contributed by atoms with van der Waals surface area (Å²) in [6.07, 6.45) is 3.01. The molecule has 2 saturated heterocycles. The smallest absolute Gasteiger partial charge is 0.225 e. The minimum Gasteiger partial charge on any atom is -0.378 e. The minimum absolute atomic E-state index is 0.206. The van der Waals surface area contributed by atoms with E-state index in [0.717, 1.165) is 44.4 Å². The van der Waals surface area contributed by atoms with Gasteiger partial charge in [0.2, 0.25) is 5.91 Å². The number of amides is 1. The van der Waals surface area contributed by atoms with Crippen LogP contribution in [0.5, 0.6) is 0 Å². The SMILES string of the molecule is CC1(C)C2CN(C(=O)CC3CCCO3)CC21. The lowest BCUT2D eigenvalue weighted by atomic mass is 10.1. The van der Waals surface area contributed by atoms with E-state index in [-0.39, 0.29) is 6.10 Å². The fraction of sp³-hybridized carbons (Fsp3) is 0.923. The predicted octanol–water partition coefficient (Wildman–Crippen LogP) is 1.67. The van der Waals surface area contributed by atoms with Gasteiger partial charge in [-0.25, -0.2) is 0 Å². The molecule has 1 saturated carbocycles. The van der Waals surface area contributed by atoms with E-state index >= 15 is 0 Å². The first kappa shape index (κ1) is 10.6. The molecular weight excluding hydrogens is 202 g/mol. The van der Waals surface area contributed by atoms with Gasteiger partial charge in [0.25, 0.3) is 0 Å². The van der Waals surface area contributed by atoms with Crippen molar-refractivity contribution >= 4 is 5.91 Å².